The highest BCUT2D eigenvalue weighted by Crippen LogP contribution is 2.65. The standard InChI is InChI=1S/C44H38Br2N2O8/c1-44-32(41(51)48(43(44)53)25-8-6-5-7-9-25)21-30-28(36(44)31-22-34(56-4)39(49)38(46)37(31)45)17-18-29-35(30)42(52)47(40(29)50)26-14-11-23(12-15-26)10-13-24-20-27(54-2)16-19-33(24)55-3/h5-17,19-20,22,29-30,32,35-36,49H,18,21H2,1-4H3/t29-,30+,32-,35-,36+,44+/m0/s1. The lowest BCUT2D eigenvalue weighted by Gasteiger charge is -2.49. The van der Waals surface area contributed by atoms with E-state index in [1.54, 1.807) is 56.7 Å². The molecule has 2 aliphatic heterocycles. The van der Waals surface area contributed by atoms with Crippen molar-refractivity contribution < 1.29 is 38.5 Å². The maximum Gasteiger partial charge on any atom is 0.241 e. The molecule has 4 amide bonds. The van der Waals surface area contributed by atoms with Crippen molar-refractivity contribution in [1.29, 1.82) is 0 Å². The van der Waals surface area contributed by atoms with Gasteiger partial charge in [-0.2, -0.15) is 0 Å². The van der Waals surface area contributed by atoms with Gasteiger partial charge in [0.2, 0.25) is 23.6 Å². The first-order valence-electron chi connectivity index (χ1n) is 18.2. The highest BCUT2D eigenvalue weighted by Gasteiger charge is 2.68. The first-order chi connectivity index (χ1) is 26.9. The second-order valence-corrected chi connectivity index (χ2v) is 16.3. The van der Waals surface area contributed by atoms with E-state index in [9.17, 15) is 24.3 Å². The molecule has 2 aliphatic carbocycles. The van der Waals surface area contributed by atoms with Crippen LogP contribution in [0.25, 0.3) is 12.2 Å². The number of carbonyl (C=O) groups excluding carboxylic acids is 4. The van der Waals surface area contributed by atoms with Crippen LogP contribution in [0.5, 0.6) is 23.0 Å². The van der Waals surface area contributed by atoms with Crippen molar-refractivity contribution >= 4 is 79.0 Å². The number of rotatable bonds is 8. The van der Waals surface area contributed by atoms with Gasteiger partial charge in [0, 0.05) is 16.0 Å². The number of phenols is 1. The van der Waals surface area contributed by atoms with Gasteiger partial charge in [0.25, 0.3) is 0 Å². The van der Waals surface area contributed by atoms with E-state index in [1.165, 1.54) is 16.9 Å². The van der Waals surface area contributed by atoms with Crippen molar-refractivity contribution in [2.24, 2.45) is 29.1 Å². The molecule has 1 N–H and O–H groups in total. The Labute approximate surface area is 341 Å². The second-order valence-electron chi connectivity index (χ2n) is 14.7. The molecule has 6 atom stereocenters. The quantitative estimate of drug-likeness (QED) is 0.106. The van der Waals surface area contributed by atoms with Crippen LogP contribution in [0.4, 0.5) is 11.4 Å². The average Bonchev–Trinajstić information content (AvgIpc) is 3.59. The van der Waals surface area contributed by atoms with Gasteiger partial charge in [0.05, 0.1) is 60.3 Å². The molecule has 0 spiro atoms. The predicted octanol–water partition coefficient (Wildman–Crippen LogP) is 8.55. The van der Waals surface area contributed by atoms with Gasteiger partial charge < -0.3 is 19.3 Å². The number of phenolic OH excluding ortho intramolecular Hbond substituents is 1. The molecule has 0 aromatic heterocycles. The molecule has 4 aromatic rings. The molecule has 0 unspecified atom stereocenters. The minimum absolute atomic E-state index is 0.122. The normalized spacial score (nSPS) is 25.6. The van der Waals surface area contributed by atoms with Crippen LogP contribution >= 0.6 is 31.9 Å². The van der Waals surface area contributed by atoms with Crippen LogP contribution in [0.3, 0.4) is 0 Å². The number of ether oxygens (including phenoxy) is 3. The third-order valence-corrected chi connectivity index (χ3v) is 14.2. The van der Waals surface area contributed by atoms with Crippen LogP contribution in [0, 0.1) is 29.1 Å². The molecule has 4 aliphatic rings. The SMILES string of the molecule is COc1ccc(OC)c(C=Cc2ccc(N3C(=O)[C@H]4[C@H](CC=C5[C@H]4C[C@H]4C(=O)N(c6ccccc6)C(=O)[C@@]4(C)[C@H]5c4cc(OC)c(O)c(Br)c4Br)C3=O)cc2)c1. The first kappa shape index (κ1) is 37.7. The number of amides is 4. The molecular weight excluding hydrogens is 844 g/mol. The van der Waals surface area contributed by atoms with Gasteiger partial charge in [0.1, 0.15) is 11.5 Å². The number of hydrogen-bond acceptors (Lipinski definition) is 8. The van der Waals surface area contributed by atoms with Gasteiger partial charge in [-0.15, -0.1) is 0 Å². The predicted molar refractivity (Wildman–Crippen MR) is 219 cm³/mol. The monoisotopic (exact) mass is 880 g/mol. The van der Waals surface area contributed by atoms with E-state index in [0.717, 1.165) is 16.7 Å². The van der Waals surface area contributed by atoms with E-state index in [2.05, 4.69) is 31.9 Å². The summed E-state index contributed by atoms with van der Waals surface area (Å²) >= 11 is 7.18. The third-order valence-electron chi connectivity index (χ3n) is 12.0. The Morgan fingerprint density at radius 2 is 1.45 bits per heavy atom. The number of anilines is 2. The summed E-state index contributed by atoms with van der Waals surface area (Å²) in [6.07, 6.45) is 6.32. The van der Waals surface area contributed by atoms with Crippen molar-refractivity contribution in [2.75, 3.05) is 31.1 Å². The summed E-state index contributed by atoms with van der Waals surface area (Å²) in [5.74, 6) is -3.29. The smallest absolute Gasteiger partial charge is 0.241 e. The fraction of sp³-hybridized carbons (Fsp3) is 0.273. The summed E-state index contributed by atoms with van der Waals surface area (Å²) in [7, 11) is 4.65. The van der Waals surface area contributed by atoms with Crippen LogP contribution < -0.4 is 24.0 Å². The topological polar surface area (TPSA) is 123 Å². The molecule has 1 saturated carbocycles. The average molecular weight is 883 g/mol. The molecule has 2 saturated heterocycles. The zero-order chi connectivity index (χ0) is 39.6. The highest BCUT2D eigenvalue weighted by molar-refractivity contribution is 9.13. The highest BCUT2D eigenvalue weighted by atomic mass is 79.9. The maximum atomic E-state index is 14.8. The van der Waals surface area contributed by atoms with E-state index >= 15 is 0 Å². The molecule has 56 heavy (non-hydrogen) atoms. The zero-order valence-electron chi connectivity index (χ0n) is 31.0. The number of carbonyl (C=O) groups is 4. The molecule has 0 bridgehead atoms. The summed E-state index contributed by atoms with van der Waals surface area (Å²) in [5, 5.41) is 10.9. The summed E-state index contributed by atoms with van der Waals surface area (Å²) in [4.78, 5) is 60.7. The molecule has 8 rings (SSSR count). The van der Waals surface area contributed by atoms with E-state index < -0.39 is 35.0 Å². The number of halogens is 2. The number of methoxy groups -OCH3 is 3. The second kappa shape index (κ2) is 14.4. The lowest BCUT2D eigenvalue weighted by atomic mass is 9.51. The van der Waals surface area contributed by atoms with Crippen molar-refractivity contribution in [3.05, 3.63) is 116 Å². The first-order valence-corrected chi connectivity index (χ1v) is 19.8. The Morgan fingerprint density at radius 3 is 2.12 bits per heavy atom. The number of fused-ring (bicyclic) bond motifs is 4. The largest absolute Gasteiger partial charge is 0.503 e. The van der Waals surface area contributed by atoms with Crippen molar-refractivity contribution in [3.8, 4) is 23.0 Å². The molecule has 4 aromatic carbocycles. The number of allylic oxidation sites excluding steroid dienone is 2. The number of nitrogens with zero attached hydrogens (tertiary/aromatic N) is 2. The fourth-order valence-corrected chi connectivity index (χ4v) is 10.3. The van der Waals surface area contributed by atoms with Crippen LogP contribution in [0.15, 0.2) is 99.5 Å². The Balaban J connectivity index is 1.17. The van der Waals surface area contributed by atoms with Crippen LogP contribution in [0.1, 0.15) is 42.4 Å². The van der Waals surface area contributed by atoms with E-state index in [0.29, 0.717) is 37.4 Å². The molecule has 3 fully saturated rings. The third kappa shape index (κ3) is 5.71. The van der Waals surface area contributed by atoms with Crippen LogP contribution in [0.2, 0.25) is 0 Å². The van der Waals surface area contributed by atoms with Crippen molar-refractivity contribution in [2.45, 2.75) is 25.7 Å². The Hall–Kier alpha value is -5.20. The minimum Gasteiger partial charge on any atom is -0.503 e. The minimum atomic E-state index is -1.27. The van der Waals surface area contributed by atoms with Gasteiger partial charge in [-0.05, 0) is 117 Å². The summed E-state index contributed by atoms with van der Waals surface area (Å²) < 4.78 is 17.3. The van der Waals surface area contributed by atoms with Gasteiger partial charge in [0.15, 0.2) is 11.5 Å². The lowest BCUT2D eigenvalue weighted by molar-refractivity contribution is -0.131. The van der Waals surface area contributed by atoms with Gasteiger partial charge in [-0.25, -0.2) is 4.90 Å². The summed E-state index contributed by atoms with van der Waals surface area (Å²) in [5.41, 5.74) is 2.77. The van der Waals surface area contributed by atoms with E-state index in [1.807, 2.05) is 61.5 Å². The molecular formula is C44H38Br2N2O8. The molecule has 2 heterocycles. The number of aromatic hydroxyl groups is 1. The van der Waals surface area contributed by atoms with Crippen molar-refractivity contribution in [1.82, 2.24) is 0 Å². The van der Waals surface area contributed by atoms with Crippen LogP contribution in [-0.2, 0) is 19.2 Å². The maximum absolute atomic E-state index is 14.8. The van der Waals surface area contributed by atoms with Gasteiger partial charge in [-0.1, -0.05) is 54.1 Å². The van der Waals surface area contributed by atoms with Gasteiger partial charge >= 0.3 is 0 Å². The molecule has 12 heteroatoms. The fourth-order valence-electron chi connectivity index (χ4n) is 9.30. The van der Waals surface area contributed by atoms with E-state index in [-0.39, 0.29) is 48.0 Å². The summed E-state index contributed by atoms with van der Waals surface area (Å²) in [6.45, 7) is 1.82. The summed E-state index contributed by atoms with van der Waals surface area (Å²) in [6, 6.07) is 23.3. The molecule has 10 nitrogen and oxygen atoms in total. The molecule has 0 radical (unpaired) electrons. The number of imide groups is 2. The molecule has 286 valence electrons. The van der Waals surface area contributed by atoms with E-state index in [4.69, 9.17) is 14.2 Å². The zero-order valence-corrected chi connectivity index (χ0v) is 34.2. The number of para-hydroxylation sites is 1. The van der Waals surface area contributed by atoms with Crippen LogP contribution in [-0.4, -0.2) is 50.1 Å². The Bertz CT molecular complexity index is 2360. The number of benzene rings is 4. The Morgan fingerprint density at radius 1 is 0.750 bits per heavy atom. The Kier molecular flexibility index (Phi) is 9.69. The lowest BCUT2D eigenvalue weighted by Crippen LogP contribution is -2.49. The van der Waals surface area contributed by atoms with Gasteiger partial charge in [-0.3, -0.25) is 24.1 Å². The van der Waals surface area contributed by atoms with Crippen molar-refractivity contribution in [3.63, 3.8) is 0 Å². The number of hydrogen-bond donors (Lipinski definition) is 1.